The second-order valence-corrected chi connectivity index (χ2v) is 5.65. The van der Waals surface area contributed by atoms with Crippen molar-refractivity contribution in [1.82, 2.24) is 9.88 Å². The normalized spacial score (nSPS) is 11.5. The summed E-state index contributed by atoms with van der Waals surface area (Å²) in [6.45, 7) is 10.4. The Morgan fingerprint density at radius 1 is 1.37 bits per heavy atom. The summed E-state index contributed by atoms with van der Waals surface area (Å²) in [7, 11) is 0. The highest BCUT2D eigenvalue weighted by atomic mass is 16.2. The van der Waals surface area contributed by atoms with Crippen LogP contribution in [0.1, 0.15) is 31.1 Å². The van der Waals surface area contributed by atoms with Crippen LogP contribution < -0.4 is 0 Å². The molecule has 0 fully saturated rings. The van der Waals surface area contributed by atoms with E-state index in [0.29, 0.717) is 12.1 Å². The van der Waals surface area contributed by atoms with E-state index in [1.807, 2.05) is 56.1 Å². The minimum Gasteiger partial charge on any atom is -0.361 e. The van der Waals surface area contributed by atoms with Crippen LogP contribution in [0.3, 0.4) is 0 Å². The zero-order chi connectivity index (χ0) is 14.0. The van der Waals surface area contributed by atoms with Gasteiger partial charge in [-0.25, -0.2) is 0 Å². The van der Waals surface area contributed by atoms with E-state index in [0.717, 1.165) is 10.9 Å². The summed E-state index contributed by atoms with van der Waals surface area (Å²) in [5, 5.41) is 1.05. The topological polar surface area (TPSA) is 36.1 Å². The number of rotatable bonds is 3. The first-order valence-corrected chi connectivity index (χ1v) is 6.43. The highest BCUT2D eigenvalue weighted by molar-refractivity contribution is 5.98. The molecule has 0 aliphatic rings. The Bertz CT molecular complexity index is 604. The van der Waals surface area contributed by atoms with E-state index in [4.69, 9.17) is 0 Å². The van der Waals surface area contributed by atoms with E-state index in [-0.39, 0.29) is 11.4 Å². The summed E-state index contributed by atoms with van der Waals surface area (Å²) >= 11 is 0. The van der Waals surface area contributed by atoms with Crippen LogP contribution in [-0.4, -0.2) is 27.9 Å². The van der Waals surface area contributed by atoms with Crippen molar-refractivity contribution in [3.63, 3.8) is 0 Å². The average Bonchev–Trinajstić information content (AvgIpc) is 2.80. The number of amides is 1. The van der Waals surface area contributed by atoms with E-state index in [9.17, 15) is 4.79 Å². The number of nitrogens with one attached hydrogen (secondary N) is 1. The molecule has 0 atom stereocenters. The summed E-state index contributed by atoms with van der Waals surface area (Å²) in [5.74, 6) is 0.0375. The minimum absolute atomic E-state index is 0.0375. The van der Waals surface area contributed by atoms with Gasteiger partial charge in [0.25, 0.3) is 5.91 Å². The molecule has 0 radical (unpaired) electrons. The van der Waals surface area contributed by atoms with Gasteiger partial charge in [0.1, 0.15) is 0 Å². The minimum atomic E-state index is -0.224. The van der Waals surface area contributed by atoms with Gasteiger partial charge in [0, 0.05) is 34.7 Å². The molecule has 1 heterocycles. The summed E-state index contributed by atoms with van der Waals surface area (Å²) in [6.07, 6.45) is 3.64. The molecule has 1 aromatic carbocycles. The Hall–Kier alpha value is -2.03. The standard InChI is InChI=1S/C16H20N2O/c1-5-10-18(16(2,3)4)15(19)13-6-7-14-12(11-13)8-9-17-14/h5-9,11,17H,1,10H2,2-4H3. The monoisotopic (exact) mass is 256 g/mol. The lowest BCUT2D eigenvalue weighted by molar-refractivity contribution is 0.0617. The van der Waals surface area contributed by atoms with Crippen molar-refractivity contribution in [3.8, 4) is 0 Å². The average molecular weight is 256 g/mol. The van der Waals surface area contributed by atoms with Crippen LogP contribution >= 0.6 is 0 Å². The summed E-state index contributed by atoms with van der Waals surface area (Å²) in [4.78, 5) is 17.6. The maximum absolute atomic E-state index is 12.6. The van der Waals surface area contributed by atoms with Crippen LogP contribution in [0.2, 0.25) is 0 Å². The zero-order valence-electron chi connectivity index (χ0n) is 11.7. The SMILES string of the molecule is C=CCN(C(=O)c1ccc2[nH]ccc2c1)C(C)(C)C. The Morgan fingerprint density at radius 3 is 2.74 bits per heavy atom. The molecule has 19 heavy (non-hydrogen) atoms. The first kappa shape index (κ1) is 13.4. The predicted octanol–water partition coefficient (Wildman–Crippen LogP) is 3.59. The number of H-pyrrole nitrogens is 1. The van der Waals surface area contributed by atoms with Crippen molar-refractivity contribution >= 4 is 16.8 Å². The first-order valence-electron chi connectivity index (χ1n) is 6.43. The van der Waals surface area contributed by atoms with Crippen molar-refractivity contribution in [2.24, 2.45) is 0 Å². The van der Waals surface area contributed by atoms with Crippen LogP contribution in [0.5, 0.6) is 0 Å². The first-order chi connectivity index (χ1) is 8.93. The molecule has 3 nitrogen and oxygen atoms in total. The van der Waals surface area contributed by atoms with Crippen molar-refractivity contribution < 1.29 is 4.79 Å². The molecular formula is C16H20N2O. The fourth-order valence-electron chi connectivity index (χ4n) is 2.13. The van der Waals surface area contributed by atoms with Gasteiger partial charge < -0.3 is 9.88 Å². The van der Waals surface area contributed by atoms with Gasteiger partial charge in [0.2, 0.25) is 0 Å². The van der Waals surface area contributed by atoms with E-state index in [2.05, 4.69) is 11.6 Å². The lowest BCUT2D eigenvalue weighted by Crippen LogP contribution is -2.45. The molecule has 1 N–H and O–H groups in total. The molecule has 0 saturated heterocycles. The van der Waals surface area contributed by atoms with Gasteiger partial charge in [0.15, 0.2) is 0 Å². The fourth-order valence-corrected chi connectivity index (χ4v) is 2.13. The lowest BCUT2D eigenvalue weighted by atomic mass is 10.0. The summed E-state index contributed by atoms with van der Waals surface area (Å²) in [6, 6.07) is 7.71. The number of carbonyl (C=O) groups excluding carboxylic acids is 1. The third-order valence-electron chi connectivity index (χ3n) is 3.17. The molecule has 0 bridgehead atoms. The Labute approximate surface area is 113 Å². The number of carbonyl (C=O) groups is 1. The van der Waals surface area contributed by atoms with E-state index in [1.165, 1.54) is 0 Å². The van der Waals surface area contributed by atoms with Crippen molar-refractivity contribution in [3.05, 3.63) is 48.7 Å². The molecule has 0 spiro atoms. The summed E-state index contributed by atoms with van der Waals surface area (Å²) < 4.78 is 0. The molecular weight excluding hydrogens is 236 g/mol. The highest BCUT2D eigenvalue weighted by Crippen LogP contribution is 2.20. The largest absolute Gasteiger partial charge is 0.361 e. The third-order valence-corrected chi connectivity index (χ3v) is 3.17. The second kappa shape index (κ2) is 4.92. The zero-order valence-corrected chi connectivity index (χ0v) is 11.7. The van der Waals surface area contributed by atoms with Crippen LogP contribution in [0.4, 0.5) is 0 Å². The number of hydrogen-bond donors (Lipinski definition) is 1. The molecule has 0 aliphatic heterocycles. The molecule has 3 heteroatoms. The fraction of sp³-hybridized carbons (Fsp3) is 0.312. The van der Waals surface area contributed by atoms with Gasteiger partial charge in [-0.3, -0.25) is 4.79 Å². The molecule has 2 rings (SSSR count). The Balaban J connectivity index is 2.37. The molecule has 0 saturated carbocycles. The van der Waals surface area contributed by atoms with Crippen molar-refractivity contribution in [2.75, 3.05) is 6.54 Å². The number of aromatic nitrogens is 1. The molecule has 1 aromatic heterocycles. The van der Waals surface area contributed by atoms with Gasteiger partial charge in [-0.1, -0.05) is 6.08 Å². The van der Waals surface area contributed by atoms with Gasteiger partial charge in [-0.05, 0) is 45.0 Å². The highest BCUT2D eigenvalue weighted by Gasteiger charge is 2.26. The number of hydrogen-bond acceptors (Lipinski definition) is 1. The smallest absolute Gasteiger partial charge is 0.254 e. The molecule has 0 unspecified atom stereocenters. The molecule has 100 valence electrons. The van der Waals surface area contributed by atoms with Crippen molar-refractivity contribution in [1.29, 1.82) is 0 Å². The predicted molar refractivity (Wildman–Crippen MR) is 79.3 cm³/mol. The van der Waals surface area contributed by atoms with Crippen LogP contribution in [0.15, 0.2) is 43.1 Å². The Kier molecular flexibility index (Phi) is 3.47. The van der Waals surface area contributed by atoms with Crippen LogP contribution in [0.25, 0.3) is 10.9 Å². The van der Waals surface area contributed by atoms with Gasteiger partial charge in [-0.15, -0.1) is 6.58 Å². The van der Waals surface area contributed by atoms with Crippen molar-refractivity contribution in [2.45, 2.75) is 26.3 Å². The van der Waals surface area contributed by atoms with Gasteiger partial charge in [-0.2, -0.15) is 0 Å². The maximum Gasteiger partial charge on any atom is 0.254 e. The van der Waals surface area contributed by atoms with Gasteiger partial charge >= 0.3 is 0 Å². The quantitative estimate of drug-likeness (QED) is 0.837. The van der Waals surface area contributed by atoms with E-state index < -0.39 is 0 Å². The second-order valence-electron chi connectivity index (χ2n) is 5.65. The summed E-state index contributed by atoms with van der Waals surface area (Å²) in [5.41, 5.74) is 1.53. The number of fused-ring (bicyclic) bond motifs is 1. The molecule has 1 amide bonds. The third kappa shape index (κ3) is 2.70. The van der Waals surface area contributed by atoms with Crippen LogP contribution in [0, 0.1) is 0 Å². The molecule has 2 aromatic rings. The number of benzene rings is 1. The van der Waals surface area contributed by atoms with Crippen LogP contribution in [-0.2, 0) is 0 Å². The number of aromatic amines is 1. The lowest BCUT2D eigenvalue weighted by Gasteiger charge is -2.35. The van der Waals surface area contributed by atoms with E-state index in [1.54, 1.807) is 6.08 Å². The Morgan fingerprint density at radius 2 is 2.11 bits per heavy atom. The van der Waals surface area contributed by atoms with E-state index >= 15 is 0 Å². The van der Waals surface area contributed by atoms with Gasteiger partial charge in [0.05, 0.1) is 0 Å². The molecule has 0 aliphatic carbocycles. The maximum atomic E-state index is 12.6. The number of nitrogens with zero attached hydrogens (tertiary/aromatic N) is 1.